The van der Waals surface area contributed by atoms with E-state index in [-0.39, 0.29) is 18.0 Å². The van der Waals surface area contributed by atoms with Crippen LogP contribution in [0.4, 0.5) is 0 Å². The van der Waals surface area contributed by atoms with Gasteiger partial charge in [-0.3, -0.25) is 9.98 Å². The largest absolute Gasteiger partial charge is 0.507 e. The van der Waals surface area contributed by atoms with Crippen LogP contribution < -0.4 is 0 Å². The Morgan fingerprint density at radius 2 is 1.38 bits per heavy atom. The number of para-hydroxylation sites is 2. The molecule has 0 amide bonds. The number of aromatic hydroxyl groups is 2. The first-order valence-corrected chi connectivity index (χ1v) is 8.09. The molecule has 26 heavy (non-hydrogen) atoms. The van der Waals surface area contributed by atoms with Gasteiger partial charge < -0.3 is 25.5 Å². The van der Waals surface area contributed by atoms with Gasteiger partial charge in [0, 0.05) is 23.6 Å². The molecule has 0 aliphatic heterocycles. The zero-order valence-electron chi connectivity index (χ0n) is 14.1. The van der Waals surface area contributed by atoms with Crippen LogP contribution >= 0.6 is 0 Å². The minimum absolute atomic E-state index is 0.0106. The number of phenolic OH excluding ortho intramolecular Hbond substituents is 2. The van der Waals surface area contributed by atoms with Gasteiger partial charge in [-0.15, -0.1) is 0 Å². The van der Waals surface area contributed by atoms with Crippen molar-refractivity contribution in [2.24, 2.45) is 9.98 Å². The topological polar surface area (TPSA) is 126 Å². The zero-order chi connectivity index (χ0) is 18.9. The fourth-order valence-electron chi connectivity index (χ4n) is 2.24. The molecule has 0 aliphatic rings. The molecule has 0 fully saturated rings. The maximum atomic E-state index is 10.2. The average molecular weight is 358 g/mol. The molecule has 0 radical (unpaired) electrons. The highest BCUT2D eigenvalue weighted by molar-refractivity contribution is 5.84. The lowest BCUT2D eigenvalue weighted by Crippen LogP contribution is -2.40. The Balaban J connectivity index is 2.16. The van der Waals surface area contributed by atoms with E-state index in [0.717, 1.165) is 0 Å². The number of hydrogen-bond donors (Lipinski definition) is 5. The summed E-state index contributed by atoms with van der Waals surface area (Å²) in [6.45, 7) is -0.608. The summed E-state index contributed by atoms with van der Waals surface area (Å²) in [6.07, 6.45) is 0.101. The predicted molar refractivity (Wildman–Crippen MR) is 99.2 cm³/mol. The summed E-state index contributed by atoms with van der Waals surface area (Å²) in [5.41, 5.74) is 0.959. The highest BCUT2D eigenvalue weighted by atomic mass is 16.4. The van der Waals surface area contributed by atoms with Gasteiger partial charge in [0.05, 0.1) is 19.2 Å². The SMILES string of the molecule is OCC(O)C(O)C(CN=Cc1ccccc1O)N=Cc1ccccc1O. The molecule has 0 spiro atoms. The van der Waals surface area contributed by atoms with E-state index in [1.54, 1.807) is 36.4 Å². The van der Waals surface area contributed by atoms with Crippen LogP contribution in [-0.4, -0.2) is 69.4 Å². The van der Waals surface area contributed by atoms with Crippen LogP contribution in [0.3, 0.4) is 0 Å². The van der Waals surface area contributed by atoms with Crippen molar-refractivity contribution in [1.82, 2.24) is 0 Å². The number of nitrogens with zero attached hydrogens (tertiary/aromatic N) is 2. The average Bonchev–Trinajstić information content (AvgIpc) is 2.65. The molecule has 0 aliphatic carbocycles. The second-order valence-electron chi connectivity index (χ2n) is 5.70. The van der Waals surface area contributed by atoms with E-state index in [4.69, 9.17) is 5.11 Å². The number of benzene rings is 2. The molecule has 3 atom stereocenters. The molecule has 0 saturated heterocycles. The van der Waals surface area contributed by atoms with Gasteiger partial charge in [0.2, 0.25) is 0 Å². The van der Waals surface area contributed by atoms with Gasteiger partial charge in [-0.05, 0) is 24.3 Å². The molecule has 2 rings (SSSR count). The van der Waals surface area contributed by atoms with Gasteiger partial charge in [-0.25, -0.2) is 0 Å². The van der Waals surface area contributed by atoms with E-state index in [9.17, 15) is 20.4 Å². The van der Waals surface area contributed by atoms with Gasteiger partial charge in [0.15, 0.2) is 0 Å². The van der Waals surface area contributed by atoms with Crippen molar-refractivity contribution in [1.29, 1.82) is 0 Å². The summed E-state index contributed by atoms with van der Waals surface area (Å²) in [5.74, 6) is 0.103. The van der Waals surface area contributed by atoms with Crippen LogP contribution in [-0.2, 0) is 0 Å². The summed E-state index contributed by atoms with van der Waals surface area (Å²) >= 11 is 0. The van der Waals surface area contributed by atoms with Crippen LogP contribution in [0.5, 0.6) is 11.5 Å². The lowest BCUT2D eigenvalue weighted by molar-refractivity contribution is -0.0238. The minimum atomic E-state index is -1.37. The van der Waals surface area contributed by atoms with Crippen molar-refractivity contribution >= 4 is 12.4 Å². The minimum Gasteiger partial charge on any atom is -0.507 e. The summed E-state index contributed by atoms with van der Waals surface area (Å²) in [7, 11) is 0. The second kappa shape index (κ2) is 9.67. The highest BCUT2D eigenvalue weighted by Gasteiger charge is 2.25. The molecule has 0 saturated carbocycles. The number of aliphatic imine (C=N–C) groups is 2. The summed E-state index contributed by atoms with van der Waals surface area (Å²) < 4.78 is 0. The Morgan fingerprint density at radius 1 is 0.846 bits per heavy atom. The lowest BCUT2D eigenvalue weighted by atomic mass is 10.1. The van der Waals surface area contributed by atoms with Crippen molar-refractivity contribution in [3.63, 3.8) is 0 Å². The number of hydrogen-bond acceptors (Lipinski definition) is 7. The molecule has 2 aromatic carbocycles. The monoisotopic (exact) mass is 358 g/mol. The Bertz CT molecular complexity index is 763. The van der Waals surface area contributed by atoms with Crippen molar-refractivity contribution in [3.8, 4) is 11.5 Å². The Labute approximate surface area is 151 Å². The normalized spacial score (nSPS) is 15.3. The van der Waals surface area contributed by atoms with Crippen LogP contribution in [0.1, 0.15) is 11.1 Å². The van der Waals surface area contributed by atoms with Gasteiger partial charge in [0.1, 0.15) is 23.7 Å². The van der Waals surface area contributed by atoms with Gasteiger partial charge in [-0.2, -0.15) is 0 Å². The van der Waals surface area contributed by atoms with Crippen molar-refractivity contribution in [2.45, 2.75) is 18.2 Å². The molecular weight excluding hydrogens is 336 g/mol. The van der Waals surface area contributed by atoms with E-state index >= 15 is 0 Å². The maximum absolute atomic E-state index is 10.2. The quantitative estimate of drug-likeness (QED) is 0.445. The van der Waals surface area contributed by atoms with Crippen LogP contribution in [0.15, 0.2) is 58.5 Å². The van der Waals surface area contributed by atoms with Gasteiger partial charge in [0.25, 0.3) is 0 Å². The molecule has 2 aromatic rings. The Hall–Kier alpha value is -2.74. The molecule has 0 heterocycles. The molecule has 3 unspecified atom stereocenters. The lowest BCUT2D eigenvalue weighted by Gasteiger charge is -2.21. The summed E-state index contributed by atoms with van der Waals surface area (Å²) in [5, 5.41) is 48.4. The van der Waals surface area contributed by atoms with Crippen LogP contribution in [0.25, 0.3) is 0 Å². The van der Waals surface area contributed by atoms with Gasteiger partial charge in [-0.1, -0.05) is 24.3 Å². The molecular formula is C19H22N2O5. The molecule has 0 aromatic heterocycles. The molecule has 7 heteroatoms. The number of aliphatic hydroxyl groups excluding tert-OH is 3. The Kier molecular flexibility index (Phi) is 7.28. The molecule has 5 N–H and O–H groups in total. The molecule has 0 bridgehead atoms. The first-order valence-electron chi connectivity index (χ1n) is 8.09. The third-order valence-electron chi connectivity index (χ3n) is 3.78. The van der Waals surface area contributed by atoms with Crippen LogP contribution in [0, 0.1) is 0 Å². The van der Waals surface area contributed by atoms with Gasteiger partial charge >= 0.3 is 0 Å². The third kappa shape index (κ3) is 5.38. The van der Waals surface area contributed by atoms with E-state index in [1.807, 2.05) is 0 Å². The highest BCUT2D eigenvalue weighted by Crippen LogP contribution is 2.15. The molecule has 138 valence electrons. The van der Waals surface area contributed by atoms with Crippen molar-refractivity contribution < 1.29 is 25.5 Å². The Morgan fingerprint density at radius 3 is 1.92 bits per heavy atom. The second-order valence-corrected chi connectivity index (χ2v) is 5.70. The van der Waals surface area contributed by atoms with E-state index in [0.29, 0.717) is 11.1 Å². The number of rotatable bonds is 8. The first-order chi connectivity index (χ1) is 12.5. The molecule has 7 nitrogen and oxygen atoms in total. The van der Waals surface area contributed by atoms with Crippen molar-refractivity contribution in [2.75, 3.05) is 13.2 Å². The van der Waals surface area contributed by atoms with E-state index < -0.39 is 24.9 Å². The predicted octanol–water partition coefficient (Wildman–Crippen LogP) is 0.718. The van der Waals surface area contributed by atoms with Crippen molar-refractivity contribution in [3.05, 3.63) is 59.7 Å². The fourth-order valence-corrected chi connectivity index (χ4v) is 2.24. The standard InChI is InChI=1S/C19H22N2O5/c22-12-18(25)19(26)15(21-10-14-6-2-4-8-17(14)24)11-20-9-13-5-1-3-7-16(13)23/h1-10,15,18-19,22-26H,11-12H2. The van der Waals surface area contributed by atoms with E-state index in [1.165, 1.54) is 24.6 Å². The third-order valence-corrected chi connectivity index (χ3v) is 3.78. The smallest absolute Gasteiger partial charge is 0.124 e. The number of phenols is 2. The summed E-state index contributed by atoms with van der Waals surface area (Å²) in [6, 6.07) is 12.3. The fraction of sp³-hybridized carbons (Fsp3) is 0.263. The zero-order valence-corrected chi connectivity index (χ0v) is 14.1. The summed E-state index contributed by atoms with van der Waals surface area (Å²) in [4.78, 5) is 8.36. The number of aliphatic hydroxyl groups is 3. The van der Waals surface area contributed by atoms with E-state index in [2.05, 4.69) is 9.98 Å². The maximum Gasteiger partial charge on any atom is 0.124 e. The van der Waals surface area contributed by atoms with Crippen LogP contribution in [0.2, 0.25) is 0 Å². The first kappa shape index (κ1) is 19.6.